The third kappa shape index (κ3) is 1.62. The second kappa shape index (κ2) is 3.07. The van der Waals surface area contributed by atoms with Gasteiger partial charge in [-0.05, 0) is 13.8 Å². The first kappa shape index (κ1) is 8.31. The lowest BCUT2D eigenvalue weighted by atomic mass is 10.1. The minimum atomic E-state index is 0.530. The Morgan fingerprint density at radius 3 is 2.27 bits per heavy atom. The van der Waals surface area contributed by atoms with Crippen molar-refractivity contribution >= 4 is 0 Å². The summed E-state index contributed by atoms with van der Waals surface area (Å²) < 4.78 is 2.20. The molecule has 0 saturated carbocycles. The first-order valence-electron chi connectivity index (χ1n) is 4.21. The second-order valence-corrected chi connectivity index (χ2v) is 3.51. The largest absolute Gasteiger partial charge is 0.210 e. The molecule has 1 aromatic rings. The monoisotopic (exact) mass is 153 g/mol. The molecule has 1 rings (SSSR count). The van der Waals surface area contributed by atoms with E-state index in [1.807, 2.05) is 6.20 Å². The molecule has 0 amide bonds. The molecule has 0 bridgehead atoms. The van der Waals surface area contributed by atoms with Crippen LogP contribution in [0.25, 0.3) is 0 Å². The van der Waals surface area contributed by atoms with E-state index in [1.54, 1.807) is 0 Å². The first-order valence-corrected chi connectivity index (χ1v) is 4.21. The van der Waals surface area contributed by atoms with Crippen molar-refractivity contribution in [2.45, 2.75) is 39.7 Å². The molecular formula is C9H17N2+. The standard InChI is InChI=1S/C9H16N2/c1-7(2)9-5-6-10-11(9)8(3)4/h5-8H,1-4H3/p+1. The highest BCUT2D eigenvalue weighted by molar-refractivity contribution is 4.96. The van der Waals surface area contributed by atoms with Gasteiger partial charge in [-0.3, -0.25) is 0 Å². The smallest absolute Gasteiger partial charge is 0.173 e. The van der Waals surface area contributed by atoms with Gasteiger partial charge in [0, 0.05) is 12.0 Å². The van der Waals surface area contributed by atoms with E-state index in [0.29, 0.717) is 12.0 Å². The number of aromatic amines is 1. The van der Waals surface area contributed by atoms with Crippen LogP contribution in [0.3, 0.4) is 0 Å². The Bertz CT molecular complexity index is 201. The van der Waals surface area contributed by atoms with E-state index >= 15 is 0 Å². The Balaban J connectivity index is 2.96. The topological polar surface area (TPSA) is 19.7 Å². The summed E-state index contributed by atoms with van der Waals surface area (Å²) in [5.74, 6) is 0.601. The van der Waals surface area contributed by atoms with Crippen molar-refractivity contribution in [1.29, 1.82) is 0 Å². The Morgan fingerprint density at radius 2 is 1.91 bits per heavy atom. The third-order valence-electron chi connectivity index (χ3n) is 1.85. The van der Waals surface area contributed by atoms with Gasteiger partial charge < -0.3 is 0 Å². The fourth-order valence-electron chi connectivity index (χ4n) is 1.28. The highest BCUT2D eigenvalue weighted by atomic mass is 15.3. The van der Waals surface area contributed by atoms with E-state index in [1.165, 1.54) is 5.69 Å². The highest BCUT2D eigenvalue weighted by Crippen LogP contribution is 2.09. The minimum Gasteiger partial charge on any atom is -0.173 e. The van der Waals surface area contributed by atoms with Crippen LogP contribution >= 0.6 is 0 Å². The molecule has 0 unspecified atom stereocenters. The molecule has 0 fully saturated rings. The van der Waals surface area contributed by atoms with Gasteiger partial charge >= 0.3 is 0 Å². The second-order valence-electron chi connectivity index (χ2n) is 3.51. The minimum absolute atomic E-state index is 0.530. The zero-order valence-electron chi connectivity index (χ0n) is 7.76. The SMILES string of the molecule is CC(C)c1cc[nH][n+]1C(C)C. The lowest BCUT2D eigenvalue weighted by Gasteiger charge is -2.02. The molecule has 11 heavy (non-hydrogen) atoms. The summed E-state index contributed by atoms with van der Waals surface area (Å²) in [7, 11) is 0. The summed E-state index contributed by atoms with van der Waals surface area (Å²) in [5, 5.41) is 3.20. The van der Waals surface area contributed by atoms with Gasteiger partial charge in [0.05, 0.1) is 6.20 Å². The number of nitrogens with one attached hydrogen (secondary N) is 1. The van der Waals surface area contributed by atoms with Gasteiger partial charge in [0.25, 0.3) is 0 Å². The Morgan fingerprint density at radius 1 is 1.27 bits per heavy atom. The van der Waals surface area contributed by atoms with Crippen molar-refractivity contribution in [2.24, 2.45) is 0 Å². The molecule has 0 saturated heterocycles. The van der Waals surface area contributed by atoms with Crippen molar-refractivity contribution in [3.05, 3.63) is 18.0 Å². The van der Waals surface area contributed by atoms with Crippen molar-refractivity contribution in [2.75, 3.05) is 0 Å². The number of hydrogen-bond acceptors (Lipinski definition) is 0. The third-order valence-corrected chi connectivity index (χ3v) is 1.85. The van der Waals surface area contributed by atoms with Gasteiger partial charge in [-0.25, -0.2) is 0 Å². The summed E-state index contributed by atoms with van der Waals surface area (Å²) in [6.45, 7) is 8.79. The van der Waals surface area contributed by atoms with Gasteiger partial charge in [0.1, 0.15) is 0 Å². The summed E-state index contributed by atoms with van der Waals surface area (Å²) in [5.41, 5.74) is 1.38. The quantitative estimate of drug-likeness (QED) is 0.627. The molecule has 0 radical (unpaired) electrons. The van der Waals surface area contributed by atoms with Crippen LogP contribution < -0.4 is 4.68 Å². The number of nitrogens with zero attached hydrogens (tertiary/aromatic N) is 1. The molecule has 2 heteroatoms. The zero-order chi connectivity index (χ0) is 8.43. The normalized spacial score (nSPS) is 11.5. The van der Waals surface area contributed by atoms with Crippen LogP contribution in [0.4, 0.5) is 0 Å². The number of H-pyrrole nitrogens is 1. The lowest BCUT2D eigenvalue weighted by Crippen LogP contribution is -2.41. The Kier molecular flexibility index (Phi) is 2.32. The van der Waals surface area contributed by atoms with E-state index in [9.17, 15) is 0 Å². The summed E-state index contributed by atoms with van der Waals surface area (Å²) in [4.78, 5) is 0. The van der Waals surface area contributed by atoms with Crippen LogP contribution in [-0.2, 0) is 0 Å². The van der Waals surface area contributed by atoms with Gasteiger partial charge in [-0.15, -0.1) is 4.68 Å². The Labute approximate surface area is 68.2 Å². The molecule has 1 heterocycles. The van der Waals surface area contributed by atoms with Crippen molar-refractivity contribution in [3.63, 3.8) is 0 Å². The maximum absolute atomic E-state index is 3.20. The summed E-state index contributed by atoms with van der Waals surface area (Å²) in [6, 6.07) is 2.67. The number of hydrogen-bond donors (Lipinski definition) is 1. The van der Waals surface area contributed by atoms with Crippen molar-refractivity contribution in [3.8, 4) is 0 Å². The highest BCUT2D eigenvalue weighted by Gasteiger charge is 2.17. The molecule has 62 valence electrons. The van der Waals surface area contributed by atoms with Gasteiger partial charge in [0.15, 0.2) is 6.04 Å². The van der Waals surface area contributed by atoms with Crippen molar-refractivity contribution < 1.29 is 4.68 Å². The van der Waals surface area contributed by atoms with Crippen molar-refractivity contribution in [1.82, 2.24) is 5.10 Å². The fraction of sp³-hybridized carbons (Fsp3) is 0.667. The molecule has 0 aliphatic heterocycles. The predicted molar refractivity (Wildman–Crippen MR) is 45.5 cm³/mol. The summed E-state index contributed by atoms with van der Waals surface area (Å²) in [6.07, 6.45) is 2.00. The number of rotatable bonds is 2. The van der Waals surface area contributed by atoms with E-state index in [-0.39, 0.29) is 0 Å². The molecule has 2 nitrogen and oxygen atoms in total. The van der Waals surface area contributed by atoms with Crippen LogP contribution in [-0.4, -0.2) is 5.10 Å². The van der Waals surface area contributed by atoms with E-state index in [0.717, 1.165) is 0 Å². The fourth-order valence-corrected chi connectivity index (χ4v) is 1.28. The van der Waals surface area contributed by atoms with E-state index < -0.39 is 0 Å². The number of aromatic nitrogens is 2. The van der Waals surface area contributed by atoms with Crippen LogP contribution in [0.2, 0.25) is 0 Å². The summed E-state index contributed by atoms with van der Waals surface area (Å²) >= 11 is 0. The molecule has 0 aliphatic carbocycles. The predicted octanol–water partition coefficient (Wildman–Crippen LogP) is 2.01. The molecule has 1 aromatic heterocycles. The van der Waals surface area contributed by atoms with E-state index in [2.05, 4.69) is 43.5 Å². The zero-order valence-corrected chi connectivity index (χ0v) is 7.76. The van der Waals surface area contributed by atoms with Crippen LogP contribution in [0, 0.1) is 0 Å². The molecule has 0 atom stereocenters. The molecule has 1 N–H and O–H groups in total. The average molecular weight is 153 g/mol. The maximum atomic E-state index is 3.20. The molecular weight excluding hydrogens is 136 g/mol. The molecule has 0 spiro atoms. The maximum Gasteiger partial charge on any atom is 0.210 e. The van der Waals surface area contributed by atoms with Gasteiger partial charge in [-0.1, -0.05) is 13.8 Å². The molecule has 0 aliphatic rings. The average Bonchev–Trinajstić information content (AvgIpc) is 2.32. The first-order chi connectivity index (χ1) is 5.13. The Hall–Kier alpha value is -0.790. The van der Waals surface area contributed by atoms with Crippen LogP contribution in [0.5, 0.6) is 0 Å². The van der Waals surface area contributed by atoms with E-state index in [4.69, 9.17) is 0 Å². The van der Waals surface area contributed by atoms with Crippen LogP contribution in [0.1, 0.15) is 45.3 Å². The lowest BCUT2D eigenvalue weighted by molar-refractivity contribution is -0.774. The van der Waals surface area contributed by atoms with Gasteiger partial charge in [-0.2, -0.15) is 5.10 Å². The molecule has 0 aromatic carbocycles. The van der Waals surface area contributed by atoms with Gasteiger partial charge in [0.2, 0.25) is 5.69 Å². The van der Waals surface area contributed by atoms with Crippen LogP contribution in [0.15, 0.2) is 12.3 Å².